The molecule has 0 bridgehead atoms. The molecular weight excluding hydrogens is 186 g/mol. The van der Waals surface area contributed by atoms with E-state index in [1.807, 2.05) is 0 Å². The largest absolute Gasteiger partial charge is 0.396 e. The molecule has 15 heavy (non-hydrogen) atoms. The second kappa shape index (κ2) is 5.86. The molecular formula is C13H25NO. The Morgan fingerprint density at radius 2 is 1.87 bits per heavy atom. The van der Waals surface area contributed by atoms with E-state index in [4.69, 9.17) is 0 Å². The Kier molecular flexibility index (Phi) is 4.45. The topological polar surface area (TPSA) is 32.3 Å². The van der Waals surface area contributed by atoms with Gasteiger partial charge in [0.05, 0.1) is 0 Å². The van der Waals surface area contributed by atoms with Gasteiger partial charge in [-0.1, -0.05) is 32.1 Å². The van der Waals surface area contributed by atoms with Crippen LogP contribution in [0.2, 0.25) is 0 Å². The summed E-state index contributed by atoms with van der Waals surface area (Å²) in [6, 6.07) is 0. The first kappa shape index (κ1) is 11.4. The van der Waals surface area contributed by atoms with Crippen molar-refractivity contribution < 1.29 is 5.11 Å². The number of aliphatic hydroxyl groups excluding tert-OH is 1. The van der Waals surface area contributed by atoms with Crippen molar-refractivity contribution in [1.82, 2.24) is 5.32 Å². The van der Waals surface area contributed by atoms with Crippen molar-refractivity contribution in [2.45, 2.75) is 44.9 Å². The lowest BCUT2D eigenvalue weighted by molar-refractivity contribution is 0.142. The molecule has 2 nitrogen and oxygen atoms in total. The molecule has 2 unspecified atom stereocenters. The second-order valence-corrected chi connectivity index (χ2v) is 5.33. The van der Waals surface area contributed by atoms with Crippen LogP contribution in [0.1, 0.15) is 44.9 Å². The summed E-state index contributed by atoms with van der Waals surface area (Å²) in [5, 5.41) is 12.7. The summed E-state index contributed by atoms with van der Waals surface area (Å²) in [6.07, 6.45) is 9.49. The molecule has 0 aromatic carbocycles. The van der Waals surface area contributed by atoms with Crippen molar-refractivity contribution in [3.63, 3.8) is 0 Å². The highest BCUT2D eigenvalue weighted by Gasteiger charge is 2.31. The fourth-order valence-corrected chi connectivity index (χ4v) is 3.61. The van der Waals surface area contributed by atoms with Crippen LogP contribution in [0, 0.1) is 17.8 Å². The lowest BCUT2D eigenvalue weighted by Crippen LogP contribution is -2.28. The fourth-order valence-electron chi connectivity index (χ4n) is 3.61. The molecule has 0 amide bonds. The first-order valence-electron chi connectivity index (χ1n) is 6.73. The number of hydrogen-bond acceptors (Lipinski definition) is 2. The SMILES string of the molecule is OCCC(C1CCCCC1)C1CCNC1. The van der Waals surface area contributed by atoms with E-state index in [1.54, 1.807) is 0 Å². The zero-order valence-electron chi connectivity index (χ0n) is 9.75. The summed E-state index contributed by atoms with van der Waals surface area (Å²) in [4.78, 5) is 0. The van der Waals surface area contributed by atoms with Gasteiger partial charge in [-0.05, 0) is 43.7 Å². The molecule has 2 fully saturated rings. The average molecular weight is 211 g/mol. The summed E-state index contributed by atoms with van der Waals surface area (Å²) >= 11 is 0. The summed E-state index contributed by atoms with van der Waals surface area (Å²) < 4.78 is 0. The van der Waals surface area contributed by atoms with Gasteiger partial charge in [-0.15, -0.1) is 0 Å². The molecule has 2 heteroatoms. The van der Waals surface area contributed by atoms with Gasteiger partial charge in [0.15, 0.2) is 0 Å². The van der Waals surface area contributed by atoms with E-state index >= 15 is 0 Å². The predicted molar refractivity (Wildman–Crippen MR) is 62.7 cm³/mol. The molecule has 0 aromatic rings. The summed E-state index contributed by atoms with van der Waals surface area (Å²) in [6.45, 7) is 2.78. The Bertz CT molecular complexity index is 171. The Morgan fingerprint density at radius 3 is 2.47 bits per heavy atom. The van der Waals surface area contributed by atoms with Crippen molar-refractivity contribution in [3.05, 3.63) is 0 Å². The Morgan fingerprint density at radius 1 is 1.07 bits per heavy atom. The van der Waals surface area contributed by atoms with Gasteiger partial charge in [-0.3, -0.25) is 0 Å². The molecule has 1 heterocycles. The third kappa shape index (κ3) is 2.94. The van der Waals surface area contributed by atoms with Crippen LogP contribution < -0.4 is 5.32 Å². The van der Waals surface area contributed by atoms with Gasteiger partial charge in [0.1, 0.15) is 0 Å². The average Bonchev–Trinajstić information content (AvgIpc) is 2.80. The molecule has 0 radical (unpaired) electrons. The molecule has 2 aliphatic rings. The van der Waals surface area contributed by atoms with E-state index in [0.717, 1.165) is 24.2 Å². The van der Waals surface area contributed by atoms with Gasteiger partial charge in [-0.2, -0.15) is 0 Å². The highest BCUT2D eigenvalue weighted by molar-refractivity contribution is 4.84. The number of nitrogens with one attached hydrogen (secondary N) is 1. The van der Waals surface area contributed by atoms with Crippen LogP contribution in [-0.4, -0.2) is 24.8 Å². The molecule has 0 aromatic heterocycles. The lowest BCUT2D eigenvalue weighted by Gasteiger charge is -2.33. The van der Waals surface area contributed by atoms with Crippen LogP contribution in [0.25, 0.3) is 0 Å². The van der Waals surface area contributed by atoms with Crippen molar-refractivity contribution in [3.8, 4) is 0 Å². The van der Waals surface area contributed by atoms with Crippen molar-refractivity contribution in [2.75, 3.05) is 19.7 Å². The smallest absolute Gasteiger partial charge is 0.0433 e. The molecule has 2 N–H and O–H groups in total. The third-order valence-electron chi connectivity index (χ3n) is 4.42. The molecule has 1 saturated carbocycles. The van der Waals surface area contributed by atoms with Crippen LogP contribution in [0.5, 0.6) is 0 Å². The fraction of sp³-hybridized carbons (Fsp3) is 1.00. The van der Waals surface area contributed by atoms with E-state index in [1.165, 1.54) is 51.6 Å². The van der Waals surface area contributed by atoms with Crippen molar-refractivity contribution in [1.29, 1.82) is 0 Å². The van der Waals surface area contributed by atoms with Gasteiger partial charge in [0.25, 0.3) is 0 Å². The van der Waals surface area contributed by atoms with Crippen molar-refractivity contribution >= 4 is 0 Å². The maximum absolute atomic E-state index is 9.21. The standard InChI is InChI=1S/C13H25NO/c15-9-7-13(12-6-8-14-10-12)11-4-2-1-3-5-11/h11-15H,1-10H2. The van der Waals surface area contributed by atoms with E-state index in [2.05, 4.69) is 5.32 Å². The van der Waals surface area contributed by atoms with Gasteiger partial charge in [0.2, 0.25) is 0 Å². The third-order valence-corrected chi connectivity index (χ3v) is 4.42. The Balaban J connectivity index is 1.90. The van der Waals surface area contributed by atoms with E-state index in [-0.39, 0.29) is 0 Å². The van der Waals surface area contributed by atoms with Crippen molar-refractivity contribution in [2.24, 2.45) is 17.8 Å². The summed E-state index contributed by atoms with van der Waals surface area (Å²) in [5.41, 5.74) is 0. The summed E-state index contributed by atoms with van der Waals surface area (Å²) in [5.74, 6) is 2.56. The zero-order chi connectivity index (χ0) is 10.5. The maximum Gasteiger partial charge on any atom is 0.0433 e. The van der Waals surface area contributed by atoms with E-state index in [9.17, 15) is 5.11 Å². The van der Waals surface area contributed by atoms with Gasteiger partial charge in [-0.25, -0.2) is 0 Å². The monoisotopic (exact) mass is 211 g/mol. The van der Waals surface area contributed by atoms with Crippen LogP contribution in [0.4, 0.5) is 0 Å². The van der Waals surface area contributed by atoms with Crippen LogP contribution in [0.3, 0.4) is 0 Å². The zero-order valence-corrected chi connectivity index (χ0v) is 9.75. The van der Waals surface area contributed by atoms with E-state index in [0.29, 0.717) is 6.61 Å². The molecule has 1 aliphatic heterocycles. The van der Waals surface area contributed by atoms with E-state index < -0.39 is 0 Å². The minimum Gasteiger partial charge on any atom is -0.396 e. The quantitative estimate of drug-likeness (QED) is 0.747. The first-order valence-corrected chi connectivity index (χ1v) is 6.73. The Labute approximate surface area is 93.5 Å². The molecule has 1 saturated heterocycles. The first-order chi connectivity index (χ1) is 7.42. The minimum atomic E-state index is 0.387. The second-order valence-electron chi connectivity index (χ2n) is 5.33. The normalized spacial score (nSPS) is 30.6. The number of rotatable bonds is 4. The van der Waals surface area contributed by atoms with Gasteiger partial charge in [0, 0.05) is 6.61 Å². The number of hydrogen-bond donors (Lipinski definition) is 2. The Hall–Kier alpha value is -0.0800. The van der Waals surface area contributed by atoms with Gasteiger partial charge < -0.3 is 10.4 Å². The maximum atomic E-state index is 9.21. The van der Waals surface area contributed by atoms with Gasteiger partial charge >= 0.3 is 0 Å². The van der Waals surface area contributed by atoms with Crippen LogP contribution in [0.15, 0.2) is 0 Å². The number of aliphatic hydroxyl groups is 1. The molecule has 2 rings (SSSR count). The molecule has 2 atom stereocenters. The highest BCUT2D eigenvalue weighted by Crippen LogP contribution is 2.37. The molecule has 0 spiro atoms. The summed E-state index contributed by atoms with van der Waals surface area (Å²) in [7, 11) is 0. The molecule has 1 aliphatic carbocycles. The van der Waals surface area contributed by atoms with Crippen LogP contribution >= 0.6 is 0 Å². The highest BCUT2D eigenvalue weighted by atomic mass is 16.3. The van der Waals surface area contributed by atoms with Crippen LogP contribution in [-0.2, 0) is 0 Å². The molecule has 88 valence electrons. The minimum absolute atomic E-state index is 0.387. The predicted octanol–water partition coefficient (Wildman–Crippen LogP) is 2.17. The lowest BCUT2D eigenvalue weighted by atomic mass is 9.72.